The largest absolute Gasteiger partial charge is 0.256 e. The number of benzene rings is 3. The topological polar surface area (TPSA) is 25.8 Å². The van der Waals surface area contributed by atoms with Crippen LogP contribution in [0.5, 0.6) is 0 Å². The molecule has 0 saturated heterocycles. The maximum absolute atomic E-state index is 4.92. The summed E-state index contributed by atoms with van der Waals surface area (Å²) < 4.78 is 0. The smallest absolute Gasteiger partial charge is 0.0695 e. The van der Waals surface area contributed by atoms with Crippen LogP contribution in [0, 0.1) is 0 Å². The average molecular weight is 673 g/mol. The number of hydrogen-bond acceptors (Lipinski definition) is 2. The Morgan fingerprint density at radius 2 is 0.917 bits per heavy atom. The third-order valence-corrected chi connectivity index (χ3v) is 15.6. The molecule has 0 saturated carbocycles. The zero-order valence-electron chi connectivity index (χ0n) is 30.3. The van der Waals surface area contributed by atoms with Crippen molar-refractivity contribution in [1.82, 2.24) is 9.97 Å². The van der Waals surface area contributed by atoms with E-state index < -0.39 is 7.92 Å². The van der Waals surface area contributed by atoms with Gasteiger partial charge in [-0.3, -0.25) is 9.97 Å². The fourth-order valence-electron chi connectivity index (χ4n) is 7.16. The molecule has 4 heteroatoms. The van der Waals surface area contributed by atoms with Crippen molar-refractivity contribution in [2.75, 3.05) is 0 Å². The van der Waals surface area contributed by atoms with Crippen LogP contribution >= 0.6 is 15.8 Å². The molecule has 5 aromatic rings. The third-order valence-electron chi connectivity index (χ3n) is 9.36. The molecule has 2 heterocycles. The van der Waals surface area contributed by atoms with Crippen LogP contribution in [0.15, 0.2) is 122 Å². The lowest BCUT2D eigenvalue weighted by atomic mass is 9.81. The minimum Gasteiger partial charge on any atom is -0.256 e. The first kappa shape index (κ1) is 36.1. The molecule has 5 rings (SSSR count). The predicted molar refractivity (Wildman–Crippen MR) is 212 cm³/mol. The zero-order chi connectivity index (χ0) is 34.3. The van der Waals surface area contributed by atoms with E-state index in [1.165, 1.54) is 33.4 Å². The van der Waals surface area contributed by atoms with E-state index in [0.29, 0.717) is 11.8 Å². The minimum atomic E-state index is -0.784. The third kappa shape index (κ3) is 9.49. The van der Waals surface area contributed by atoms with Crippen molar-refractivity contribution < 1.29 is 0 Å². The van der Waals surface area contributed by atoms with E-state index in [1.54, 1.807) is 0 Å². The Bertz CT molecular complexity index is 1660. The quantitative estimate of drug-likeness (QED) is 0.123. The molecule has 0 fully saturated rings. The standard InChI is InChI=1S/C44H54N2P2/c1-33(27-35-19-11-9-12-20-35)39-29-37(31-47(41-23-15-17-25-45-41)42-24-16-18-26-46-42)38(32-48(43(3,4)5)44(6,7)8)30-40(39)34(2)28-36-21-13-10-14-22-36/h9-26,29-30,33-34H,27-28,31-32H2,1-8H3. The molecule has 0 N–H and O–H groups in total. The molecule has 0 aliphatic carbocycles. The van der Waals surface area contributed by atoms with Gasteiger partial charge in [0.05, 0.1) is 10.9 Å². The van der Waals surface area contributed by atoms with E-state index >= 15 is 0 Å². The van der Waals surface area contributed by atoms with Gasteiger partial charge in [0.2, 0.25) is 0 Å². The van der Waals surface area contributed by atoms with Crippen molar-refractivity contribution in [3.8, 4) is 0 Å². The van der Waals surface area contributed by atoms with Gasteiger partial charge in [-0.2, -0.15) is 0 Å². The van der Waals surface area contributed by atoms with Gasteiger partial charge < -0.3 is 0 Å². The van der Waals surface area contributed by atoms with E-state index in [9.17, 15) is 0 Å². The summed E-state index contributed by atoms with van der Waals surface area (Å²) in [6.07, 6.45) is 7.99. The lowest BCUT2D eigenvalue weighted by Gasteiger charge is -2.42. The molecular formula is C44H54N2P2. The highest BCUT2D eigenvalue weighted by molar-refractivity contribution is 7.71. The first-order valence-corrected chi connectivity index (χ1v) is 20.6. The van der Waals surface area contributed by atoms with Crippen LogP contribution in [-0.2, 0) is 25.2 Å². The van der Waals surface area contributed by atoms with Crippen LogP contribution < -0.4 is 10.9 Å². The first-order chi connectivity index (χ1) is 22.9. The van der Waals surface area contributed by atoms with Crippen molar-refractivity contribution >= 4 is 26.7 Å². The SMILES string of the molecule is CC(Cc1ccccc1)c1cc(CP(c2ccccn2)c2ccccn2)c(CP(C(C)(C)C)C(C)(C)C)cc1C(C)Cc1ccccc1. The number of hydrogen-bond donors (Lipinski definition) is 0. The molecule has 2 unspecified atom stereocenters. The average Bonchev–Trinajstić information content (AvgIpc) is 3.06. The molecule has 48 heavy (non-hydrogen) atoms. The van der Waals surface area contributed by atoms with Crippen LogP contribution in [0.3, 0.4) is 0 Å². The van der Waals surface area contributed by atoms with Gasteiger partial charge in [0.25, 0.3) is 0 Å². The maximum Gasteiger partial charge on any atom is 0.0695 e. The van der Waals surface area contributed by atoms with Gasteiger partial charge >= 0.3 is 0 Å². The summed E-state index contributed by atoms with van der Waals surface area (Å²) in [6, 6.07) is 40.0. The molecule has 0 amide bonds. The van der Waals surface area contributed by atoms with Crippen molar-refractivity contribution in [3.05, 3.63) is 155 Å². The molecule has 2 atom stereocenters. The summed E-state index contributed by atoms with van der Waals surface area (Å²) in [7, 11) is -1.12. The molecule has 2 nitrogen and oxygen atoms in total. The number of nitrogens with zero attached hydrogens (tertiary/aromatic N) is 2. The normalized spacial score (nSPS) is 13.5. The van der Waals surface area contributed by atoms with Crippen molar-refractivity contribution in [1.29, 1.82) is 0 Å². The monoisotopic (exact) mass is 672 g/mol. The molecule has 0 bridgehead atoms. The summed E-state index contributed by atoms with van der Waals surface area (Å²) in [5.41, 5.74) is 11.1. The Morgan fingerprint density at radius 3 is 1.29 bits per heavy atom. The predicted octanol–water partition coefficient (Wildman–Crippen LogP) is 11.4. The van der Waals surface area contributed by atoms with Crippen LogP contribution in [-0.4, -0.2) is 20.3 Å². The van der Waals surface area contributed by atoms with Crippen LogP contribution in [0.1, 0.15) is 101 Å². The van der Waals surface area contributed by atoms with Gasteiger partial charge in [0.1, 0.15) is 0 Å². The second-order valence-electron chi connectivity index (χ2n) is 15.3. The van der Waals surface area contributed by atoms with Crippen LogP contribution in [0.2, 0.25) is 0 Å². The Morgan fingerprint density at radius 1 is 0.521 bits per heavy atom. The van der Waals surface area contributed by atoms with Crippen molar-refractivity contribution in [3.63, 3.8) is 0 Å². The second-order valence-corrected chi connectivity index (χ2v) is 21.3. The molecule has 0 aliphatic rings. The molecule has 0 radical (unpaired) electrons. The Kier molecular flexibility index (Phi) is 12.1. The highest BCUT2D eigenvalue weighted by Gasteiger charge is 2.35. The van der Waals surface area contributed by atoms with E-state index in [2.05, 4.69) is 152 Å². The fraction of sp³-hybridized carbons (Fsp3) is 0.364. The van der Waals surface area contributed by atoms with Gasteiger partial charge in [0, 0.05) is 26.5 Å². The Balaban J connectivity index is 1.69. The summed E-state index contributed by atoms with van der Waals surface area (Å²) in [5.74, 6) is 0.785. The summed E-state index contributed by atoms with van der Waals surface area (Å²) >= 11 is 0. The van der Waals surface area contributed by atoms with E-state index in [1.807, 2.05) is 24.5 Å². The van der Waals surface area contributed by atoms with Gasteiger partial charge in [-0.1, -0.05) is 148 Å². The fourth-order valence-corrected chi connectivity index (χ4v) is 12.9. The summed E-state index contributed by atoms with van der Waals surface area (Å²) in [6.45, 7) is 19.6. The molecule has 3 aromatic carbocycles. The second kappa shape index (κ2) is 16.0. The molecule has 0 aliphatic heterocycles. The highest BCUT2D eigenvalue weighted by atomic mass is 31.1. The van der Waals surface area contributed by atoms with E-state index in [-0.39, 0.29) is 18.2 Å². The number of rotatable bonds is 12. The van der Waals surface area contributed by atoms with Gasteiger partial charge in [0.15, 0.2) is 0 Å². The van der Waals surface area contributed by atoms with Crippen molar-refractivity contribution in [2.24, 2.45) is 0 Å². The van der Waals surface area contributed by atoms with E-state index in [0.717, 1.165) is 36.0 Å². The molecular weight excluding hydrogens is 618 g/mol. The number of aromatic nitrogens is 2. The first-order valence-electron chi connectivity index (χ1n) is 17.5. The van der Waals surface area contributed by atoms with Gasteiger partial charge in [-0.25, -0.2) is 0 Å². The Labute approximate surface area is 293 Å². The lowest BCUT2D eigenvalue weighted by Crippen LogP contribution is -2.26. The van der Waals surface area contributed by atoms with Gasteiger partial charge in [-0.15, -0.1) is 0 Å². The molecule has 250 valence electrons. The minimum absolute atomic E-state index is 0.229. The lowest BCUT2D eigenvalue weighted by molar-refractivity contribution is 0.693. The zero-order valence-corrected chi connectivity index (χ0v) is 32.1. The summed E-state index contributed by atoms with van der Waals surface area (Å²) in [4.78, 5) is 9.84. The Hall–Kier alpha value is -3.18. The summed E-state index contributed by atoms with van der Waals surface area (Å²) in [5, 5.41) is 0.458. The highest BCUT2D eigenvalue weighted by Crippen LogP contribution is 2.62. The molecule has 2 aromatic heterocycles. The van der Waals surface area contributed by atoms with Crippen LogP contribution in [0.25, 0.3) is 0 Å². The number of pyridine rings is 2. The molecule has 0 spiro atoms. The maximum atomic E-state index is 4.92. The van der Waals surface area contributed by atoms with Crippen LogP contribution in [0.4, 0.5) is 0 Å². The van der Waals surface area contributed by atoms with Crippen molar-refractivity contribution in [2.45, 2.75) is 103 Å². The van der Waals surface area contributed by atoms with Gasteiger partial charge in [-0.05, 0) is 98.8 Å². The van der Waals surface area contributed by atoms with E-state index in [4.69, 9.17) is 9.97 Å².